The Balaban J connectivity index is 2.49. The molecule has 5 heteroatoms. The third kappa shape index (κ3) is 4.33. The van der Waals surface area contributed by atoms with Gasteiger partial charge in [0, 0.05) is 11.6 Å². The monoisotopic (exact) mass is 260 g/mol. The molecule has 2 nitrogen and oxygen atoms in total. The van der Waals surface area contributed by atoms with Gasteiger partial charge in [-0.05, 0) is 36.8 Å². The van der Waals surface area contributed by atoms with E-state index in [-0.39, 0.29) is 0 Å². The number of anilines is 1. The molecule has 0 aliphatic heterocycles. The van der Waals surface area contributed by atoms with Gasteiger partial charge in [-0.3, -0.25) is 0 Å². The molecule has 0 heterocycles. The maximum Gasteiger partial charge on any atom is 0.170 e. The predicted molar refractivity (Wildman–Crippen MR) is 70.5 cm³/mol. The van der Waals surface area contributed by atoms with Crippen LogP contribution in [0.4, 0.5) is 10.1 Å². The van der Waals surface area contributed by atoms with Crippen LogP contribution >= 0.6 is 23.8 Å². The van der Waals surface area contributed by atoms with E-state index in [9.17, 15) is 4.39 Å². The molecule has 88 valence electrons. The van der Waals surface area contributed by atoms with Crippen molar-refractivity contribution < 1.29 is 4.39 Å². The van der Waals surface area contributed by atoms with E-state index in [0.717, 1.165) is 19.4 Å². The fourth-order valence-corrected chi connectivity index (χ4v) is 1.51. The molecule has 0 aliphatic rings. The number of halogens is 2. The zero-order chi connectivity index (χ0) is 12.0. The van der Waals surface area contributed by atoms with Crippen LogP contribution in [0, 0.1) is 5.82 Å². The molecule has 1 aromatic rings. The molecule has 0 spiro atoms. The topological polar surface area (TPSA) is 24.1 Å². The van der Waals surface area contributed by atoms with Gasteiger partial charge >= 0.3 is 0 Å². The smallest absolute Gasteiger partial charge is 0.170 e. The van der Waals surface area contributed by atoms with Crippen molar-refractivity contribution in [3.8, 4) is 0 Å². The summed E-state index contributed by atoms with van der Waals surface area (Å²) in [6, 6.07) is 4.42. The van der Waals surface area contributed by atoms with Gasteiger partial charge in [-0.25, -0.2) is 4.39 Å². The molecule has 1 rings (SSSR count). The number of hydrogen-bond acceptors (Lipinski definition) is 1. The number of thiocarbonyl (C=S) groups is 1. The van der Waals surface area contributed by atoms with Crippen molar-refractivity contribution >= 4 is 34.6 Å². The van der Waals surface area contributed by atoms with Crippen LogP contribution in [-0.2, 0) is 0 Å². The molecule has 0 aliphatic carbocycles. The zero-order valence-electron chi connectivity index (χ0n) is 9.02. The highest BCUT2D eigenvalue weighted by Crippen LogP contribution is 2.18. The van der Waals surface area contributed by atoms with E-state index in [1.165, 1.54) is 6.07 Å². The van der Waals surface area contributed by atoms with E-state index in [4.69, 9.17) is 23.8 Å². The molecule has 0 radical (unpaired) electrons. The van der Waals surface area contributed by atoms with E-state index >= 15 is 0 Å². The molecule has 0 aromatic heterocycles. The molecule has 0 amide bonds. The summed E-state index contributed by atoms with van der Waals surface area (Å²) in [5.74, 6) is -0.410. The Labute approximate surface area is 105 Å². The van der Waals surface area contributed by atoms with Gasteiger partial charge in [0.05, 0.1) is 5.69 Å². The first-order valence-corrected chi connectivity index (χ1v) is 5.92. The first kappa shape index (κ1) is 13.2. The van der Waals surface area contributed by atoms with Crippen LogP contribution in [0.25, 0.3) is 0 Å². The Morgan fingerprint density at radius 1 is 1.50 bits per heavy atom. The molecule has 1 aromatic carbocycles. The highest BCUT2D eigenvalue weighted by atomic mass is 35.5. The Hall–Kier alpha value is -0.870. The van der Waals surface area contributed by atoms with Gasteiger partial charge < -0.3 is 10.6 Å². The molecular weight excluding hydrogens is 247 g/mol. The molecule has 16 heavy (non-hydrogen) atoms. The SMILES string of the molecule is CCCCNC(=S)Nc1ccc(Cl)cc1F. The van der Waals surface area contributed by atoms with Crippen molar-refractivity contribution in [1.29, 1.82) is 0 Å². The molecule has 0 bridgehead atoms. The minimum Gasteiger partial charge on any atom is -0.362 e. The second kappa shape index (κ2) is 6.66. The molecule has 0 atom stereocenters. The van der Waals surface area contributed by atoms with Crippen LogP contribution in [0.15, 0.2) is 18.2 Å². The van der Waals surface area contributed by atoms with Crippen molar-refractivity contribution in [3.63, 3.8) is 0 Å². The average Bonchev–Trinajstić information content (AvgIpc) is 2.23. The van der Waals surface area contributed by atoms with E-state index in [1.807, 2.05) is 0 Å². The van der Waals surface area contributed by atoms with Crippen LogP contribution in [0.3, 0.4) is 0 Å². The largest absolute Gasteiger partial charge is 0.362 e. The second-order valence-corrected chi connectivity index (χ2v) is 4.20. The summed E-state index contributed by atoms with van der Waals surface area (Å²) in [5.41, 5.74) is 0.332. The number of benzene rings is 1. The predicted octanol–water partition coefficient (Wildman–Crippen LogP) is 3.57. The normalized spacial score (nSPS) is 9.94. The molecular formula is C11H14ClFN2S. The Morgan fingerprint density at radius 2 is 2.25 bits per heavy atom. The fraction of sp³-hybridized carbons (Fsp3) is 0.364. The van der Waals surface area contributed by atoms with Crippen LogP contribution in [0.1, 0.15) is 19.8 Å². The minimum atomic E-state index is -0.410. The van der Waals surface area contributed by atoms with Gasteiger partial charge in [-0.1, -0.05) is 24.9 Å². The lowest BCUT2D eigenvalue weighted by Crippen LogP contribution is -2.29. The van der Waals surface area contributed by atoms with Gasteiger partial charge in [0.2, 0.25) is 0 Å². The number of hydrogen-bond donors (Lipinski definition) is 2. The summed E-state index contributed by atoms with van der Waals surface area (Å²) in [7, 11) is 0. The van der Waals surface area contributed by atoms with Crippen LogP contribution in [0.5, 0.6) is 0 Å². The summed E-state index contributed by atoms with van der Waals surface area (Å²) >= 11 is 10.7. The van der Waals surface area contributed by atoms with Crippen molar-refractivity contribution in [2.45, 2.75) is 19.8 Å². The first-order chi connectivity index (χ1) is 7.63. The van der Waals surface area contributed by atoms with Gasteiger partial charge in [0.1, 0.15) is 5.82 Å². The highest BCUT2D eigenvalue weighted by molar-refractivity contribution is 7.80. The fourth-order valence-electron chi connectivity index (χ4n) is 1.14. The lowest BCUT2D eigenvalue weighted by Gasteiger charge is -2.10. The van der Waals surface area contributed by atoms with Gasteiger partial charge in [-0.15, -0.1) is 0 Å². The minimum absolute atomic E-state index is 0.332. The van der Waals surface area contributed by atoms with Crippen LogP contribution < -0.4 is 10.6 Å². The van der Waals surface area contributed by atoms with Crippen LogP contribution in [-0.4, -0.2) is 11.7 Å². The third-order valence-corrected chi connectivity index (χ3v) is 2.48. The Morgan fingerprint density at radius 3 is 2.88 bits per heavy atom. The van der Waals surface area contributed by atoms with Crippen molar-refractivity contribution in [3.05, 3.63) is 29.0 Å². The summed E-state index contributed by atoms with van der Waals surface area (Å²) in [4.78, 5) is 0. The highest BCUT2D eigenvalue weighted by Gasteiger charge is 2.04. The van der Waals surface area contributed by atoms with E-state index in [1.54, 1.807) is 12.1 Å². The molecule has 0 saturated carbocycles. The standard InChI is InChI=1S/C11H14ClFN2S/c1-2-3-6-14-11(16)15-10-5-4-8(12)7-9(10)13/h4-5,7H,2-3,6H2,1H3,(H2,14,15,16). The van der Waals surface area contributed by atoms with Crippen LogP contribution in [0.2, 0.25) is 5.02 Å². The second-order valence-electron chi connectivity index (χ2n) is 3.36. The van der Waals surface area contributed by atoms with E-state index in [0.29, 0.717) is 15.8 Å². The Bertz CT molecular complexity index is 371. The lowest BCUT2D eigenvalue weighted by atomic mass is 10.3. The van der Waals surface area contributed by atoms with Gasteiger partial charge in [-0.2, -0.15) is 0 Å². The number of rotatable bonds is 4. The van der Waals surface area contributed by atoms with Crippen molar-refractivity contribution in [2.75, 3.05) is 11.9 Å². The van der Waals surface area contributed by atoms with E-state index < -0.39 is 5.82 Å². The number of unbranched alkanes of at least 4 members (excludes halogenated alkanes) is 1. The summed E-state index contributed by atoms with van der Waals surface area (Å²) < 4.78 is 13.4. The van der Waals surface area contributed by atoms with Gasteiger partial charge in [0.15, 0.2) is 5.11 Å². The number of nitrogens with one attached hydrogen (secondary N) is 2. The van der Waals surface area contributed by atoms with Crippen molar-refractivity contribution in [1.82, 2.24) is 5.32 Å². The molecule has 0 saturated heterocycles. The van der Waals surface area contributed by atoms with Crippen molar-refractivity contribution in [2.24, 2.45) is 0 Å². The molecule has 2 N–H and O–H groups in total. The summed E-state index contributed by atoms with van der Waals surface area (Å²) in [5, 5.41) is 6.57. The van der Waals surface area contributed by atoms with E-state index in [2.05, 4.69) is 17.6 Å². The molecule has 0 unspecified atom stereocenters. The Kier molecular flexibility index (Phi) is 5.49. The quantitative estimate of drug-likeness (QED) is 0.639. The maximum absolute atomic E-state index is 13.4. The van der Waals surface area contributed by atoms with Gasteiger partial charge in [0.25, 0.3) is 0 Å². The zero-order valence-corrected chi connectivity index (χ0v) is 10.6. The summed E-state index contributed by atoms with van der Waals surface area (Å²) in [6.07, 6.45) is 2.12. The maximum atomic E-state index is 13.4. The summed E-state index contributed by atoms with van der Waals surface area (Å²) in [6.45, 7) is 2.88. The third-order valence-electron chi connectivity index (χ3n) is 2.00. The molecule has 0 fully saturated rings. The lowest BCUT2D eigenvalue weighted by molar-refractivity contribution is 0.632. The average molecular weight is 261 g/mol. The first-order valence-electron chi connectivity index (χ1n) is 5.13.